The van der Waals surface area contributed by atoms with Crippen molar-refractivity contribution in [2.24, 2.45) is 0 Å². The van der Waals surface area contributed by atoms with Crippen LogP contribution in [-0.4, -0.2) is 38.2 Å². The normalized spacial score (nSPS) is 16.8. The Bertz CT molecular complexity index is 348. The molecule has 0 aliphatic carbocycles. The zero-order valence-corrected chi connectivity index (χ0v) is 12.8. The highest BCUT2D eigenvalue weighted by molar-refractivity contribution is 7.83. The second-order valence-electron chi connectivity index (χ2n) is 4.34. The first kappa shape index (κ1) is 17.2. The van der Waals surface area contributed by atoms with Crippen LogP contribution < -0.4 is 0 Å². The van der Waals surface area contributed by atoms with E-state index in [1.54, 1.807) is 19.6 Å². The highest BCUT2D eigenvalue weighted by atomic mass is 32.3. The van der Waals surface area contributed by atoms with Gasteiger partial charge in [0.2, 0.25) is 8.32 Å². The maximum absolute atomic E-state index is 11.3. The summed E-state index contributed by atoms with van der Waals surface area (Å²) in [6.07, 6.45) is -0.413. The molecule has 104 valence electrons. The van der Waals surface area contributed by atoms with E-state index in [2.05, 4.69) is 8.37 Å². The highest BCUT2D eigenvalue weighted by Crippen LogP contribution is 2.10. The summed E-state index contributed by atoms with van der Waals surface area (Å²) >= 11 is -2.37. The van der Waals surface area contributed by atoms with Gasteiger partial charge in [0.05, 0.1) is 12.7 Å². The first-order valence-corrected chi connectivity index (χ1v) is 10.7. The molecule has 0 aliphatic heterocycles. The number of hydrogen-bond donors (Lipinski definition) is 1. The Morgan fingerprint density at radius 2 is 1.88 bits per heavy atom. The lowest BCUT2D eigenvalue weighted by atomic mass is 10.3. The molecule has 2 atom stereocenters. The second-order valence-corrected chi connectivity index (χ2v) is 10.9. The maximum Gasteiger partial charge on any atom is 0.390 e. The van der Waals surface area contributed by atoms with Crippen LogP contribution in [0.4, 0.5) is 0 Å². The van der Waals surface area contributed by atoms with Crippen molar-refractivity contribution in [2.45, 2.75) is 39.1 Å². The Hall–Kier alpha value is 0.157. The van der Waals surface area contributed by atoms with E-state index in [0.29, 0.717) is 0 Å². The topological polar surface area (TPSA) is 99.1 Å². The van der Waals surface area contributed by atoms with Crippen LogP contribution in [0.5, 0.6) is 0 Å². The predicted molar refractivity (Wildman–Crippen MR) is 65.2 cm³/mol. The molecule has 0 aromatic heterocycles. The van der Waals surface area contributed by atoms with Crippen molar-refractivity contribution in [2.75, 3.05) is 6.61 Å². The van der Waals surface area contributed by atoms with E-state index < -0.39 is 36.2 Å². The molecule has 0 aromatic carbocycles. The van der Waals surface area contributed by atoms with Crippen molar-refractivity contribution in [1.29, 1.82) is 0 Å². The van der Waals surface area contributed by atoms with Gasteiger partial charge < -0.3 is 0 Å². The zero-order valence-electron chi connectivity index (χ0n) is 10.2. The van der Waals surface area contributed by atoms with Crippen LogP contribution in [0.15, 0.2) is 0 Å². The first-order valence-electron chi connectivity index (χ1n) is 4.90. The summed E-state index contributed by atoms with van der Waals surface area (Å²) < 4.78 is 55.1. The van der Waals surface area contributed by atoms with Gasteiger partial charge in [0, 0.05) is 0 Å². The maximum atomic E-state index is 11.3. The molecule has 17 heavy (non-hydrogen) atoms. The van der Waals surface area contributed by atoms with E-state index in [4.69, 9.17) is 8.42 Å². The predicted octanol–water partition coefficient (Wildman–Crippen LogP) is 1.03. The van der Waals surface area contributed by atoms with Crippen LogP contribution >= 0.6 is 0 Å². The van der Waals surface area contributed by atoms with Gasteiger partial charge in [0.25, 0.3) is 0 Å². The fraction of sp³-hybridized carbons (Fsp3) is 1.00. The van der Waals surface area contributed by atoms with Crippen LogP contribution in [0.1, 0.15) is 13.3 Å². The Balaban J connectivity index is 4.00. The van der Waals surface area contributed by atoms with Crippen LogP contribution in [0.3, 0.4) is 0 Å². The molecular weight excluding hydrogens is 288 g/mol. The molecule has 0 heterocycles. The smallest absolute Gasteiger partial charge is 0.294 e. The molecule has 0 spiro atoms. The van der Waals surface area contributed by atoms with Gasteiger partial charge in [-0.2, -0.15) is 12.6 Å². The van der Waals surface area contributed by atoms with E-state index in [1.807, 2.05) is 0 Å². The van der Waals surface area contributed by atoms with Gasteiger partial charge in [-0.25, -0.2) is 4.18 Å². The molecule has 0 rings (SSSR count). The zero-order chi connectivity index (χ0) is 13.7. The summed E-state index contributed by atoms with van der Waals surface area (Å²) in [5, 5.41) is 0. The van der Waals surface area contributed by atoms with Crippen molar-refractivity contribution < 1.29 is 29.4 Å². The molecule has 0 aliphatic rings. The van der Waals surface area contributed by atoms with Crippen molar-refractivity contribution in [3.63, 3.8) is 0 Å². The standard InChI is InChI=1S/C7H18O7S2Si/c1-7(13-15(8)9)5-6-12-16(10,11)14-17(2,3)4/h7H,5-6H2,1-4H3,(H,8,9). The fourth-order valence-electron chi connectivity index (χ4n) is 0.835. The third-order valence-electron chi connectivity index (χ3n) is 1.35. The third kappa shape index (κ3) is 11.0. The fourth-order valence-corrected chi connectivity index (χ4v) is 4.15. The van der Waals surface area contributed by atoms with Crippen molar-refractivity contribution in [3.05, 3.63) is 0 Å². The molecule has 0 aromatic rings. The van der Waals surface area contributed by atoms with Crippen LogP contribution in [0, 0.1) is 0 Å². The van der Waals surface area contributed by atoms with E-state index in [-0.39, 0.29) is 13.0 Å². The molecular formula is C7H18O7S2Si. The number of rotatable bonds is 8. The molecule has 0 bridgehead atoms. The quantitative estimate of drug-likeness (QED) is 0.528. The molecule has 0 saturated carbocycles. The Kier molecular flexibility index (Phi) is 6.99. The van der Waals surface area contributed by atoms with Gasteiger partial charge in [-0.1, -0.05) is 0 Å². The largest absolute Gasteiger partial charge is 0.390 e. The average Bonchev–Trinajstić information content (AvgIpc) is 1.95. The SMILES string of the molecule is CC(CCOS(=O)(=O)O[Si](C)(C)C)OS(=O)O. The van der Waals surface area contributed by atoms with Gasteiger partial charge in [0.1, 0.15) is 0 Å². The first-order chi connectivity index (χ1) is 7.52. The van der Waals surface area contributed by atoms with Crippen LogP contribution in [0.25, 0.3) is 0 Å². The van der Waals surface area contributed by atoms with Gasteiger partial charge in [0.15, 0.2) is 0 Å². The Labute approximate surface area is 105 Å². The van der Waals surface area contributed by atoms with Gasteiger partial charge in [-0.15, -0.1) is 0 Å². The highest BCUT2D eigenvalue weighted by Gasteiger charge is 2.25. The molecule has 0 radical (unpaired) electrons. The summed E-state index contributed by atoms with van der Waals surface area (Å²) in [5.41, 5.74) is 0. The molecule has 1 N–H and O–H groups in total. The molecule has 2 unspecified atom stereocenters. The van der Waals surface area contributed by atoms with Gasteiger partial charge >= 0.3 is 21.8 Å². The Morgan fingerprint density at radius 1 is 1.35 bits per heavy atom. The lowest BCUT2D eigenvalue weighted by Crippen LogP contribution is -2.30. The molecule has 7 nitrogen and oxygen atoms in total. The summed E-state index contributed by atoms with van der Waals surface area (Å²) in [6, 6.07) is 0. The van der Waals surface area contributed by atoms with Crippen molar-refractivity contribution in [3.8, 4) is 0 Å². The molecule has 0 fully saturated rings. The minimum atomic E-state index is -4.00. The average molecular weight is 306 g/mol. The monoisotopic (exact) mass is 306 g/mol. The molecule has 0 amide bonds. The number of hydrogen-bond acceptors (Lipinski definition) is 6. The lowest BCUT2D eigenvalue weighted by Gasteiger charge is -2.16. The summed E-state index contributed by atoms with van der Waals surface area (Å²) in [5.74, 6) is 0. The van der Waals surface area contributed by atoms with E-state index >= 15 is 0 Å². The van der Waals surface area contributed by atoms with Crippen LogP contribution in [-0.2, 0) is 34.0 Å². The second kappa shape index (κ2) is 6.92. The summed E-state index contributed by atoms with van der Waals surface area (Å²) in [4.78, 5) is 0. The third-order valence-corrected chi connectivity index (χ3v) is 5.12. The van der Waals surface area contributed by atoms with Crippen molar-refractivity contribution in [1.82, 2.24) is 0 Å². The Morgan fingerprint density at radius 3 is 2.29 bits per heavy atom. The molecule has 10 heteroatoms. The van der Waals surface area contributed by atoms with E-state index in [0.717, 1.165) is 0 Å². The van der Waals surface area contributed by atoms with E-state index in [1.165, 1.54) is 6.92 Å². The van der Waals surface area contributed by atoms with Crippen molar-refractivity contribution >= 4 is 30.1 Å². The minimum absolute atomic E-state index is 0.162. The lowest BCUT2D eigenvalue weighted by molar-refractivity contribution is 0.175. The summed E-state index contributed by atoms with van der Waals surface area (Å²) in [7, 11) is -6.22. The van der Waals surface area contributed by atoms with Gasteiger partial charge in [-0.3, -0.25) is 12.6 Å². The van der Waals surface area contributed by atoms with Crippen LogP contribution in [0.2, 0.25) is 19.6 Å². The summed E-state index contributed by atoms with van der Waals surface area (Å²) in [6.45, 7) is 6.52. The van der Waals surface area contributed by atoms with E-state index in [9.17, 15) is 12.6 Å². The van der Waals surface area contributed by atoms with Gasteiger partial charge in [-0.05, 0) is 33.0 Å². The molecule has 0 saturated heterocycles. The minimum Gasteiger partial charge on any atom is -0.294 e.